The van der Waals surface area contributed by atoms with Crippen molar-refractivity contribution in [2.75, 3.05) is 17.2 Å². The van der Waals surface area contributed by atoms with Crippen molar-refractivity contribution in [3.8, 4) is 0 Å². The fraction of sp³-hybridized carbons (Fsp3) is 0.333. The number of pyridine rings is 1. The lowest BCUT2D eigenvalue weighted by Crippen LogP contribution is -2.16. The molecule has 0 aliphatic rings. The highest BCUT2D eigenvalue weighted by Gasteiger charge is 2.10. The third kappa shape index (κ3) is 3.27. The first-order chi connectivity index (χ1) is 9.20. The van der Waals surface area contributed by atoms with Gasteiger partial charge in [-0.15, -0.1) is 0 Å². The van der Waals surface area contributed by atoms with Gasteiger partial charge in [0.05, 0.1) is 0 Å². The van der Waals surface area contributed by atoms with Crippen LogP contribution in [-0.2, 0) is 7.05 Å². The van der Waals surface area contributed by atoms with Gasteiger partial charge in [0.1, 0.15) is 12.1 Å². The van der Waals surface area contributed by atoms with Crippen LogP contribution in [0.1, 0.15) is 23.7 Å². The smallest absolute Gasteiger partial charge is 0.258 e. The molecule has 0 saturated heterocycles. The fourth-order valence-electron chi connectivity index (χ4n) is 1.50. The highest BCUT2D eigenvalue weighted by Crippen LogP contribution is 2.09. The minimum absolute atomic E-state index is 0.238. The molecule has 0 atom stereocenters. The Labute approximate surface area is 111 Å². The van der Waals surface area contributed by atoms with Gasteiger partial charge in [0.25, 0.3) is 5.91 Å². The summed E-state index contributed by atoms with van der Waals surface area (Å²) in [6, 6.07) is 3.37. The maximum Gasteiger partial charge on any atom is 0.258 e. The van der Waals surface area contributed by atoms with Crippen molar-refractivity contribution in [1.82, 2.24) is 19.7 Å². The number of carbonyl (C=O) groups excluding carboxylic acids is 1. The second-order valence-electron chi connectivity index (χ2n) is 4.02. The van der Waals surface area contributed by atoms with Gasteiger partial charge in [-0.2, -0.15) is 10.1 Å². The SMILES string of the molecule is CCCNc1cc(C(=O)Nc2ncnn2C)ccn1. The van der Waals surface area contributed by atoms with Crippen LogP contribution in [0.4, 0.5) is 11.8 Å². The number of nitrogens with zero attached hydrogens (tertiary/aromatic N) is 4. The molecule has 2 aromatic rings. The average molecular weight is 260 g/mol. The molecule has 19 heavy (non-hydrogen) atoms. The number of aryl methyl sites for hydroxylation is 1. The average Bonchev–Trinajstić information content (AvgIpc) is 2.82. The lowest BCUT2D eigenvalue weighted by molar-refractivity contribution is 0.102. The van der Waals surface area contributed by atoms with Gasteiger partial charge in [-0.3, -0.25) is 10.1 Å². The number of carbonyl (C=O) groups is 1. The van der Waals surface area contributed by atoms with E-state index in [0.717, 1.165) is 13.0 Å². The predicted molar refractivity (Wildman–Crippen MR) is 72.0 cm³/mol. The van der Waals surface area contributed by atoms with E-state index in [1.165, 1.54) is 11.0 Å². The second kappa shape index (κ2) is 5.94. The topological polar surface area (TPSA) is 84.7 Å². The summed E-state index contributed by atoms with van der Waals surface area (Å²) in [5.41, 5.74) is 0.525. The van der Waals surface area contributed by atoms with Crippen molar-refractivity contribution in [1.29, 1.82) is 0 Å². The normalized spacial score (nSPS) is 10.2. The molecule has 2 aromatic heterocycles. The van der Waals surface area contributed by atoms with E-state index in [9.17, 15) is 4.79 Å². The van der Waals surface area contributed by atoms with Crippen LogP contribution in [0.25, 0.3) is 0 Å². The Morgan fingerprint density at radius 1 is 1.42 bits per heavy atom. The van der Waals surface area contributed by atoms with E-state index in [4.69, 9.17) is 0 Å². The van der Waals surface area contributed by atoms with Crippen LogP contribution < -0.4 is 10.6 Å². The van der Waals surface area contributed by atoms with Gasteiger partial charge in [-0.05, 0) is 18.6 Å². The van der Waals surface area contributed by atoms with Crippen LogP contribution in [0.15, 0.2) is 24.7 Å². The third-order valence-electron chi connectivity index (χ3n) is 2.51. The predicted octanol–water partition coefficient (Wildman–Crippen LogP) is 1.28. The van der Waals surface area contributed by atoms with Gasteiger partial charge >= 0.3 is 0 Å². The number of aromatic nitrogens is 4. The highest BCUT2D eigenvalue weighted by atomic mass is 16.1. The van der Waals surface area contributed by atoms with Crippen molar-refractivity contribution in [2.24, 2.45) is 7.05 Å². The molecule has 0 spiro atoms. The lowest BCUT2D eigenvalue weighted by Gasteiger charge is -2.06. The molecule has 7 heteroatoms. The minimum atomic E-state index is -0.238. The van der Waals surface area contributed by atoms with Crippen molar-refractivity contribution < 1.29 is 4.79 Å². The molecular formula is C12H16N6O. The van der Waals surface area contributed by atoms with E-state index in [0.29, 0.717) is 17.3 Å². The minimum Gasteiger partial charge on any atom is -0.370 e. The molecule has 7 nitrogen and oxygen atoms in total. The van der Waals surface area contributed by atoms with E-state index in [1.54, 1.807) is 25.4 Å². The molecule has 2 heterocycles. The molecule has 0 unspecified atom stereocenters. The number of hydrogen-bond donors (Lipinski definition) is 2. The Morgan fingerprint density at radius 3 is 2.95 bits per heavy atom. The fourth-order valence-corrected chi connectivity index (χ4v) is 1.50. The highest BCUT2D eigenvalue weighted by molar-refractivity contribution is 6.03. The van der Waals surface area contributed by atoms with E-state index < -0.39 is 0 Å². The van der Waals surface area contributed by atoms with Crippen molar-refractivity contribution in [3.05, 3.63) is 30.2 Å². The van der Waals surface area contributed by atoms with Gasteiger partial charge in [0.2, 0.25) is 5.95 Å². The quantitative estimate of drug-likeness (QED) is 0.846. The van der Waals surface area contributed by atoms with Gasteiger partial charge in [-0.25, -0.2) is 9.67 Å². The first-order valence-corrected chi connectivity index (χ1v) is 6.06. The first kappa shape index (κ1) is 13.0. The molecule has 0 fully saturated rings. The third-order valence-corrected chi connectivity index (χ3v) is 2.51. The summed E-state index contributed by atoms with van der Waals surface area (Å²) in [5, 5.41) is 9.71. The van der Waals surface area contributed by atoms with E-state index in [2.05, 4.69) is 32.6 Å². The van der Waals surface area contributed by atoms with Crippen LogP contribution in [0, 0.1) is 0 Å². The van der Waals surface area contributed by atoms with Crippen molar-refractivity contribution in [3.63, 3.8) is 0 Å². The zero-order chi connectivity index (χ0) is 13.7. The molecular weight excluding hydrogens is 244 g/mol. The molecule has 0 aromatic carbocycles. The molecule has 2 rings (SSSR count). The molecule has 100 valence electrons. The number of hydrogen-bond acceptors (Lipinski definition) is 5. The Morgan fingerprint density at radius 2 is 2.26 bits per heavy atom. The maximum absolute atomic E-state index is 12.0. The summed E-state index contributed by atoms with van der Waals surface area (Å²) >= 11 is 0. The van der Waals surface area contributed by atoms with Crippen LogP contribution in [0.2, 0.25) is 0 Å². The summed E-state index contributed by atoms with van der Waals surface area (Å²) < 4.78 is 1.50. The monoisotopic (exact) mass is 260 g/mol. The zero-order valence-corrected chi connectivity index (χ0v) is 10.9. The first-order valence-electron chi connectivity index (χ1n) is 6.06. The summed E-state index contributed by atoms with van der Waals surface area (Å²) in [6.45, 7) is 2.89. The number of rotatable bonds is 5. The van der Waals surface area contributed by atoms with Crippen LogP contribution in [-0.4, -0.2) is 32.2 Å². The molecule has 0 bridgehead atoms. The van der Waals surface area contributed by atoms with Crippen LogP contribution in [0.5, 0.6) is 0 Å². The van der Waals surface area contributed by atoms with Gasteiger partial charge < -0.3 is 5.32 Å². The Kier molecular flexibility index (Phi) is 4.07. The Hall–Kier alpha value is -2.44. The Bertz CT molecular complexity index is 565. The van der Waals surface area contributed by atoms with Crippen LogP contribution in [0.3, 0.4) is 0 Å². The second-order valence-corrected chi connectivity index (χ2v) is 4.02. The van der Waals surface area contributed by atoms with E-state index >= 15 is 0 Å². The summed E-state index contributed by atoms with van der Waals surface area (Å²) in [5.74, 6) is 0.857. The van der Waals surface area contributed by atoms with E-state index in [1.807, 2.05) is 0 Å². The lowest BCUT2D eigenvalue weighted by atomic mass is 10.2. The standard InChI is InChI=1S/C12H16N6O/c1-3-5-13-10-7-9(4-6-14-10)11(19)17-12-15-8-16-18(12)2/h4,6-8H,3,5H2,1-2H3,(H,13,14)(H,15,16,17,19). The van der Waals surface area contributed by atoms with Crippen molar-refractivity contribution in [2.45, 2.75) is 13.3 Å². The van der Waals surface area contributed by atoms with Crippen molar-refractivity contribution >= 4 is 17.7 Å². The zero-order valence-electron chi connectivity index (χ0n) is 10.9. The summed E-state index contributed by atoms with van der Waals surface area (Å²) in [6.07, 6.45) is 3.98. The number of anilines is 2. The number of nitrogens with one attached hydrogen (secondary N) is 2. The summed E-state index contributed by atoms with van der Waals surface area (Å²) in [7, 11) is 1.71. The number of amides is 1. The molecule has 0 saturated carbocycles. The molecule has 0 aliphatic heterocycles. The Balaban J connectivity index is 2.08. The molecule has 2 N–H and O–H groups in total. The molecule has 0 aliphatic carbocycles. The van der Waals surface area contributed by atoms with Crippen LogP contribution >= 0.6 is 0 Å². The van der Waals surface area contributed by atoms with Gasteiger partial charge in [0, 0.05) is 25.4 Å². The molecule has 0 radical (unpaired) electrons. The van der Waals surface area contributed by atoms with E-state index in [-0.39, 0.29) is 5.91 Å². The molecule has 1 amide bonds. The van der Waals surface area contributed by atoms with Gasteiger partial charge in [-0.1, -0.05) is 6.92 Å². The largest absolute Gasteiger partial charge is 0.370 e. The summed E-state index contributed by atoms with van der Waals surface area (Å²) in [4.78, 5) is 20.1. The maximum atomic E-state index is 12.0. The van der Waals surface area contributed by atoms with Gasteiger partial charge in [0.15, 0.2) is 0 Å².